The molecule has 0 atom stereocenters. The Morgan fingerprint density at radius 2 is 2.25 bits per heavy atom. The van der Waals surface area contributed by atoms with Crippen molar-refractivity contribution < 1.29 is 4.79 Å². The SMILES string of the molecule is CCCCCCN1CNCC1=O. The fourth-order valence-corrected chi connectivity index (χ4v) is 1.43. The monoisotopic (exact) mass is 170 g/mol. The number of hydrogen-bond donors (Lipinski definition) is 1. The van der Waals surface area contributed by atoms with Crippen LogP contribution in [0.15, 0.2) is 0 Å². The van der Waals surface area contributed by atoms with E-state index in [0.29, 0.717) is 6.54 Å². The molecule has 0 aromatic heterocycles. The second-order valence-corrected chi connectivity index (χ2v) is 3.30. The summed E-state index contributed by atoms with van der Waals surface area (Å²) in [5.41, 5.74) is 0. The van der Waals surface area contributed by atoms with Gasteiger partial charge in [-0.1, -0.05) is 26.2 Å². The predicted molar refractivity (Wildman–Crippen MR) is 48.7 cm³/mol. The molecule has 1 rings (SSSR count). The van der Waals surface area contributed by atoms with Gasteiger partial charge < -0.3 is 4.90 Å². The van der Waals surface area contributed by atoms with E-state index < -0.39 is 0 Å². The zero-order chi connectivity index (χ0) is 8.81. The average molecular weight is 170 g/mol. The van der Waals surface area contributed by atoms with Crippen LogP contribution in [-0.2, 0) is 4.79 Å². The van der Waals surface area contributed by atoms with Crippen LogP contribution in [-0.4, -0.2) is 30.6 Å². The van der Waals surface area contributed by atoms with Gasteiger partial charge in [-0.15, -0.1) is 0 Å². The number of carbonyl (C=O) groups excluding carboxylic acids is 1. The quantitative estimate of drug-likeness (QED) is 0.623. The van der Waals surface area contributed by atoms with E-state index in [2.05, 4.69) is 12.2 Å². The molecule has 0 radical (unpaired) electrons. The lowest BCUT2D eigenvalue weighted by molar-refractivity contribution is -0.126. The maximum absolute atomic E-state index is 11.1. The van der Waals surface area contributed by atoms with Gasteiger partial charge in [-0.05, 0) is 6.42 Å². The number of unbranched alkanes of at least 4 members (excludes halogenated alkanes) is 3. The van der Waals surface area contributed by atoms with E-state index in [1.54, 1.807) is 0 Å². The lowest BCUT2D eigenvalue weighted by Crippen LogP contribution is -2.27. The van der Waals surface area contributed by atoms with E-state index in [9.17, 15) is 4.79 Å². The Bertz CT molecular complexity index is 147. The van der Waals surface area contributed by atoms with Crippen molar-refractivity contribution in [1.29, 1.82) is 0 Å². The van der Waals surface area contributed by atoms with Crippen molar-refractivity contribution in [3.8, 4) is 0 Å². The molecule has 3 heteroatoms. The average Bonchev–Trinajstić information content (AvgIpc) is 2.46. The van der Waals surface area contributed by atoms with Gasteiger partial charge in [0.15, 0.2) is 0 Å². The highest BCUT2D eigenvalue weighted by Crippen LogP contribution is 2.02. The summed E-state index contributed by atoms with van der Waals surface area (Å²) in [5, 5.41) is 3.04. The number of amides is 1. The van der Waals surface area contributed by atoms with Crippen LogP contribution in [0.2, 0.25) is 0 Å². The van der Waals surface area contributed by atoms with Crippen molar-refractivity contribution in [3.05, 3.63) is 0 Å². The molecule has 1 saturated heterocycles. The van der Waals surface area contributed by atoms with E-state index in [-0.39, 0.29) is 5.91 Å². The lowest BCUT2D eigenvalue weighted by Gasteiger charge is -2.13. The van der Waals surface area contributed by atoms with E-state index in [0.717, 1.165) is 19.6 Å². The molecule has 1 amide bonds. The Morgan fingerprint density at radius 3 is 2.83 bits per heavy atom. The molecule has 1 aliphatic rings. The predicted octanol–water partition coefficient (Wildman–Crippen LogP) is 0.956. The fraction of sp³-hybridized carbons (Fsp3) is 0.889. The Hall–Kier alpha value is -0.570. The van der Waals surface area contributed by atoms with Gasteiger partial charge in [0.2, 0.25) is 5.91 Å². The third-order valence-corrected chi connectivity index (χ3v) is 2.21. The van der Waals surface area contributed by atoms with Gasteiger partial charge in [0, 0.05) is 6.54 Å². The molecule has 70 valence electrons. The van der Waals surface area contributed by atoms with Crippen molar-refractivity contribution in [2.75, 3.05) is 19.8 Å². The maximum Gasteiger partial charge on any atom is 0.237 e. The number of nitrogens with zero attached hydrogens (tertiary/aromatic N) is 1. The first-order valence-corrected chi connectivity index (χ1v) is 4.83. The number of hydrogen-bond acceptors (Lipinski definition) is 2. The van der Waals surface area contributed by atoms with E-state index in [1.807, 2.05) is 4.90 Å². The summed E-state index contributed by atoms with van der Waals surface area (Å²) >= 11 is 0. The van der Waals surface area contributed by atoms with Crippen LogP contribution < -0.4 is 5.32 Å². The highest BCUT2D eigenvalue weighted by Gasteiger charge is 2.17. The van der Waals surface area contributed by atoms with Gasteiger partial charge in [-0.3, -0.25) is 10.1 Å². The standard InChI is InChI=1S/C9H18N2O/c1-2-3-4-5-6-11-8-10-7-9(11)12/h10H,2-8H2,1H3. The zero-order valence-corrected chi connectivity index (χ0v) is 7.81. The molecule has 0 unspecified atom stereocenters. The van der Waals surface area contributed by atoms with Gasteiger partial charge in [0.1, 0.15) is 0 Å². The molecule has 1 heterocycles. The van der Waals surface area contributed by atoms with Gasteiger partial charge in [-0.25, -0.2) is 0 Å². The molecular formula is C9H18N2O. The van der Waals surface area contributed by atoms with Gasteiger partial charge in [0.05, 0.1) is 13.2 Å². The van der Waals surface area contributed by atoms with Crippen LogP contribution in [0.25, 0.3) is 0 Å². The van der Waals surface area contributed by atoms with Gasteiger partial charge in [-0.2, -0.15) is 0 Å². The van der Waals surface area contributed by atoms with E-state index in [1.165, 1.54) is 19.3 Å². The molecule has 0 bridgehead atoms. The second-order valence-electron chi connectivity index (χ2n) is 3.30. The van der Waals surface area contributed by atoms with Gasteiger partial charge in [0.25, 0.3) is 0 Å². The first kappa shape index (κ1) is 9.52. The first-order valence-electron chi connectivity index (χ1n) is 4.83. The van der Waals surface area contributed by atoms with Crippen molar-refractivity contribution in [3.63, 3.8) is 0 Å². The van der Waals surface area contributed by atoms with E-state index in [4.69, 9.17) is 0 Å². The first-order chi connectivity index (χ1) is 5.84. The molecule has 1 N–H and O–H groups in total. The summed E-state index contributed by atoms with van der Waals surface area (Å²) in [6.07, 6.45) is 4.95. The third kappa shape index (κ3) is 2.81. The molecule has 3 nitrogen and oxygen atoms in total. The molecule has 1 fully saturated rings. The van der Waals surface area contributed by atoms with Crippen LogP contribution in [0.4, 0.5) is 0 Å². The maximum atomic E-state index is 11.1. The number of nitrogens with one attached hydrogen (secondary N) is 1. The Morgan fingerprint density at radius 1 is 1.42 bits per heavy atom. The minimum Gasteiger partial charge on any atom is -0.329 e. The smallest absolute Gasteiger partial charge is 0.237 e. The Balaban J connectivity index is 2.02. The minimum absolute atomic E-state index is 0.256. The minimum atomic E-state index is 0.256. The summed E-state index contributed by atoms with van der Waals surface area (Å²) < 4.78 is 0. The van der Waals surface area contributed by atoms with Crippen LogP contribution in [0.1, 0.15) is 32.6 Å². The summed E-state index contributed by atoms with van der Waals surface area (Å²) in [6.45, 7) is 4.42. The Labute approximate surface area is 74.1 Å². The topological polar surface area (TPSA) is 32.3 Å². The highest BCUT2D eigenvalue weighted by molar-refractivity contribution is 5.79. The van der Waals surface area contributed by atoms with Crippen molar-refractivity contribution in [2.45, 2.75) is 32.6 Å². The molecule has 0 aromatic carbocycles. The highest BCUT2D eigenvalue weighted by atomic mass is 16.2. The van der Waals surface area contributed by atoms with Gasteiger partial charge >= 0.3 is 0 Å². The normalized spacial score (nSPS) is 17.4. The Kier molecular flexibility index (Phi) is 4.08. The second kappa shape index (κ2) is 5.14. The van der Waals surface area contributed by atoms with Crippen molar-refractivity contribution >= 4 is 5.91 Å². The van der Waals surface area contributed by atoms with Crippen LogP contribution in [0, 0.1) is 0 Å². The molecule has 12 heavy (non-hydrogen) atoms. The molecule has 0 spiro atoms. The number of carbonyl (C=O) groups is 1. The molecule has 1 aliphatic heterocycles. The van der Waals surface area contributed by atoms with E-state index >= 15 is 0 Å². The molecule has 0 aromatic rings. The summed E-state index contributed by atoms with van der Waals surface area (Å²) in [6, 6.07) is 0. The van der Waals surface area contributed by atoms with Crippen LogP contribution >= 0.6 is 0 Å². The third-order valence-electron chi connectivity index (χ3n) is 2.21. The summed E-state index contributed by atoms with van der Waals surface area (Å²) in [4.78, 5) is 13.0. The largest absolute Gasteiger partial charge is 0.329 e. The zero-order valence-electron chi connectivity index (χ0n) is 7.81. The molecule has 0 saturated carbocycles. The fourth-order valence-electron chi connectivity index (χ4n) is 1.43. The summed E-state index contributed by atoms with van der Waals surface area (Å²) in [7, 11) is 0. The summed E-state index contributed by atoms with van der Waals surface area (Å²) in [5.74, 6) is 0.256. The lowest BCUT2D eigenvalue weighted by atomic mass is 10.2. The van der Waals surface area contributed by atoms with Crippen molar-refractivity contribution in [1.82, 2.24) is 10.2 Å². The van der Waals surface area contributed by atoms with Crippen LogP contribution in [0.5, 0.6) is 0 Å². The molecular weight excluding hydrogens is 152 g/mol. The van der Waals surface area contributed by atoms with Crippen LogP contribution in [0.3, 0.4) is 0 Å². The molecule has 0 aliphatic carbocycles. The van der Waals surface area contributed by atoms with Crippen molar-refractivity contribution in [2.24, 2.45) is 0 Å². The number of rotatable bonds is 5.